The molecular weight excluding hydrogens is 266 g/mol. The summed E-state index contributed by atoms with van der Waals surface area (Å²) in [6.07, 6.45) is 0.258. The van der Waals surface area contributed by atoms with Crippen LogP contribution in [0, 0.1) is 0 Å². The highest BCUT2D eigenvalue weighted by molar-refractivity contribution is 6.29. The van der Waals surface area contributed by atoms with Crippen molar-refractivity contribution < 1.29 is 9.53 Å². The molecule has 0 aliphatic rings. The Balaban J connectivity index is 1.95. The van der Waals surface area contributed by atoms with Crippen LogP contribution in [0.15, 0.2) is 36.4 Å². The van der Waals surface area contributed by atoms with Gasteiger partial charge in [-0.1, -0.05) is 23.7 Å². The number of methoxy groups -OCH3 is 1. The summed E-state index contributed by atoms with van der Waals surface area (Å²) in [4.78, 5) is 11.8. The zero-order chi connectivity index (χ0) is 13.7. The summed E-state index contributed by atoms with van der Waals surface area (Å²) in [7, 11) is 1.60. The molecule has 19 heavy (non-hydrogen) atoms. The summed E-state index contributed by atoms with van der Waals surface area (Å²) >= 11 is 5.61. The first kappa shape index (κ1) is 13.3. The van der Waals surface area contributed by atoms with E-state index in [0.717, 1.165) is 11.3 Å². The highest BCUT2D eigenvalue weighted by Crippen LogP contribution is 2.12. The van der Waals surface area contributed by atoms with Crippen molar-refractivity contribution in [1.29, 1.82) is 0 Å². The number of aromatic nitrogens is 2. The van der Waals surface area contributed by atoms with Crippen LogP contribution in [0.3, 0.4) is 0 Å². The average molecular weight is 278 g/mol. The lowest BCUT2D eigenvalue weighted by Crippen LogP contribution is -2.15. The second-order valence-electron chi connectivity index (χ2n) is 3.81. The molecule has 2 aromatic rings. The zero-order valence-corrected chi connectivity index (χ0v) is 11.0. The van der Waals surface area contributed by atoms with Gasteiger partial charge in [0.1, 0.15) is 5.75 Å². The molecule has 0 atom stereocenters. The number of nitrogens with zero attached hydrogens (tertiary/aromatic N) is 2. The van der Waals surface area contributed by atoms with Gasteiger partial charge in [-0.15, -0.1) is 10.2 Å². The first-order valence-electron chi connectivity index (χ1n) is 5.59. The van der Waals surface area contributed by atoms with Gasteiger partial charge in [0, 0.05) is 0 Å². The van der Waals surface area contributed by atoms with Gasteiger partial charge in [-0.05, 0) is 29.8 Å². The number of anilines is 1. The molecule has 2 rings (SSSR count). The van der Waals surface area contributed by atoms with Gasteiger partial charge in [-0.3, -0.25) is 4.79 Å². The van der Waals surface area contributed by atoms with Gasteiger partial charge >= 0.3 is 0 Å². The molecule has 0 unspecified atom stereocenters. The second kappa shape index (κ2) is 6.15. The number of halogens is 1. The molecule has 1 aromatic carbocycles. The van der Waals surface area contributed by atoms with Gasteiger partial charge in [-0.2, -0.15) is 0 Å². The molecule has 0 aliphatic heterocycles. The largest absolute Gasteiger partial charge is 0.497 e. The Kier molecular flexibility index (Phi) is 4.30. The Morgan fingerprint density at radius 2 is 1.95 bits per heavy atom. The average Bonchev–Trinajstić information content (AvgIpc) is 2.42. The number of hydrogen-bond donors (Lipinski definition) is 1. The van der Waals surface area contributed by atoms with Crippen LogP contribution in [0.5, 0.6) is 5.75 Å². The maximum atomic E-state index is 11.8. The molecule has 1 N–H and O–H groups in total. The van der Waals surface area contributed by atoms with Gasteiger partial charge in [0.05, 0.1) is 13.5 Å². The number of amides is 1. The van der Waals surface area contributed by atoms with E-state index in [1.807, 2.05) is 24.3 Å². The second-order valence-corrected chi connectivity index (χ2v) is 4.20. The molecule has 1 aromatic heterocycles. The predicted octanol–water partition coefficient (Wildman–Crippen LogP) is 2.32. The van der Waals surface area contributed by atoms with E-state index in [-0.39, 0.29) is 17.5 Å². The van der Waals surface area contributed by atoms with Crippen LogP contribution in [0.2, 0.25) is 5.15 Å². The molecule has 0 radical (unpaired) electrons. The minimum absolute atomic E-state index is 0.165. The summed E-state index contributed by atoms with van der Waals surface area (Å²) in [5.41, 5.74) is 0.889. The molecule has 0 bridgehead atoms. The first-order chi connectivity index (χ1) is 9.17. The van der Waals surface area contributed by atoms with E-state index in [1.165, 1.54) is 0 Å². The molecule has 1 amide bonds. The monoisotopic (exact) mass is 277 g/mol. The first-order valence-corrected chi connectivity index (χ1v) is 5.97. The SMILES string of the molecule is COc1ccc(CC(=O)Nc2ccc(Cl)nn2)cc1. The zero-order valence-electron chi connectivity index (χ0n) is 10.3. The number of carbonyl (C=O) groups excluding carboxylic acids is 1. The smallest absolute Gasteiger partial charge is 0.229 e. The lowest BCUT2D eigenvalue weighted by Gasteiger charge is -2.05. The normalized spacial score (nSPS) is 10.0. The Morgan fingerprint density at radius 1 is 1.21 bits per heavy atom. The molecule has 0 fully saturated rings. The van der Waals surface area contributed by atoms with Crippen molar-refractivity contribution >= 4 is 23.3 Å². The van der Waals surface area contributed by atoms with Crippen molar-refractivity contribution in [2.24, 2.45) is 0 Å². The Morgan fingerprint density at radius 3 is 2.53 bits per heavy atom. The number of benzene rings is 1. The van der Waals surface area contributed by atoms with Crippen molar-refractivity contribution in [2.45, 2.75) is 6.42 Å². The van der Waals surface area contributed by atoms with Gasteiger partial charge < -0.3 is 10.1 Å². The van der Waals surface area contributed by atoms with Gasteiger partial charge in [0.15, 0.2) is 11.0 Å². The van der Waals surface area contributed by atoms with Crippen molar-refractivity contribution in [3.05, 3.63) is 47.1 Å². The molecule has 5 nitrogen and oxygen atoms in total. The van der Waals surface area contributed by atoms with Gasteiger partial charge in [0.2, 0.25) is 5.91 Å². The maximum Gasteiger partial charge on any atom is 0.229 e. The minimum Gasteiger partial charge on any atom is -0.497 e. The molecular formula is C13H12ClN3O2. The van der Waals surface area contributed by atoms with E-state index in [0.29, 0.717) is 5.82 Å². The highest BCUT2D eigenvalue weighted by atomic mass is 35.5. The highest BCUT2D eigenvalue weighted by Gasteiger charge is 2.05. The van der Waals surface area contributed by atoms with Crippen LogP contribution < -0.4 is 10.1 Å². The molecule has 1 heterocycles. The Labute approximate surface area is 115 Å². The third kappa shape index (κ3) is 3.93. The molecule has 0 saturated carbocycles. The molecule has 0 aliphatic carbocycles. The third-order valence-electron chi connectivity index (χ3n) is 2.42. The van der Waals surface area contributed by atoms with E-state index in [4.69, 9.17) is 16.3 Å². The maximum absolute atomic E-state index is 11.8. The fourth-order valence-electron chi connectivity index (χ4n) is 1.50. The summed E-state index contributed by atoms with van der Waals surface area (Å²) in [5.74, 6) is 0.970. The Hall–Kier alpha value is -2.14. The summed E-state index contributed by atoms with van der Waals surface area (Å²) < 4.78 is 5.05. The van der Waals surface area contributed by atoms with Gasteiger partial charge in [0.25, 0.3) is 0 Å². The quantitative estimate of drug-likeness (QED) is 0.931. The third-order valence-corrected chi connectivity index (χ3v) is 2.62. The van der Waals surface area contributed by atoms with E-state index in [9.17, 15) is 4.79 Å². The van der Waals surface area contributed by atoms with Crippen molar-refractivity contribution in [1.82, 2.24) is 10.2 Å². The van der Waals surface area contributed by atoms with Gasteiger partial charge in [-0.25, -0.2) is 0 Å². The van der Waals surface area contributed by atoms with E-state index in [2.05, 4.69) is 15.5 Å². The summed E-state index contributed by atoms with van der Waals surface area (Å²) in [6, 6.07) is 10.5. The van der Waals surface area contributed by atoms with Crippen molar-refractivity contribution in [3.8, 4) is 5.75 Å². The molecule has 98 valence electrons. The number of carbonyl (C=O) groups is 1. The number of rotatable bonds is 4. The van der Waals surface area contributed by atoms with E-state index < -0.39 is 0 Å². The fraction of sp³-hybridized carbons (Fsp3) is 0.154. The minimum atomic E-state index is -0.165. The van der Waals surface area contributed by atoms with E-state index in [1.54, 1.807) is 19.2 Å². The van der Waals surface area contributed by atoms with E-state index >= 15 is 0 Å². The van der Waals surface area contributed by atoms with Crippen LogP contribution in [-0.2, 0) is 11.2 Å². The summed E-state index contributed by atoms with van der Waals surface area (Å²) in [6.45, 7) is 0. The Bertz CT molecular complexity index is 555. The predicted molar refractivity (Wildman–Crippen MR) is 72.4 cm³/mol. The van der Waals surface area contributed by atoms with Crippen molar-refractivity contribution in [2.75, 3.05) is 12.4 Å². The number of nitrogens with one attached hydrogen (secondary N) is 1. The lowest BCUT2D eigenvalue weighted by molar-refractivity contribution is -0.115. The van der Waals surface area contributed by atoms with Crippen LogP contribution in [-0.4, -0.2) is 23.2 Å². The van der Waals surface area contributed by atoms with Crippen LogP contribution >= 0.6 is 11.6 Å². The molecule has 0 spiro atoms. The number of hydrogen-bond acceptors (Lipinski definition) is 4. The molecule has 0 saturated heterocycles. The lowest BCUT2D eigenvalue weighted by atomic mass is 10.1. The topological polar surface area (TPSA) is 64.1 Å². The van der Waals surface area contributed by atoms with Crippen LogP contribution in [0.1, 0.15) is 5.56 Å². The summed E-state index contributed by atoms with van der Waals surface area (Å²) in [5, 5.41) is 10.3. The fourth-order valence-corrected chi connectivity index (χ4v) is 1.60. The van der Waals surface area contributed by atoms with Crippen LogP contribution in [0.25, 0.3) is 0 Å². The van der Waals surface area contributed by atoms with Crippen LogP contribution in [0.4, 0.5) is 5.82 Å². The van der Waals surface area contributed by atoms with Crippen molar-refractivity contribution in [3.63, 3.8) is 0 Å². The molecule has 6 heteroatoms. The standard InChI is InChI=1S/C13H12ClN3O2/c1-19-10-4-2-9(3-5-10)8-13(18)15-12-7-6-11(14)16-17-12/h2-7H,8H2,1H3,(H,15,17,18). The number of ether oxygens (including phenoxy) is 1.